The summed E-state index contributed by atoms with van der Waals surface area (Å²) in [5.41, 5.74) is 0.714. The summed E-state index contributed by atoms with van der Waals surface area (Å²) < 4.78 is 33.8. The van der Waals surface area contributed by atoms with Gasteiger partial charge in [0.2, 0.25) is 0 Å². The van der Waals surface area contributed by atoms with Gasteiger partial charge < -0.3 is 20.1 Å². The third-order valence-corrected chi connectivity index (χ3v) is 3.36. The smallest absolute Gasteiger partial charge is 0.387 e. The summed E-state index contributed by atoms with van der Waals surface area (Å²) in [7, 11) is 0. The van der Waals surface area contributed by atoms with Gasteiger partial charge in [0, 0.05) is 18.8 Å². The van der Waals surface area contributed by atoms with Crippen LogP contribution in [0.2, 0.25) is 0 Å². The SMILES string of the molecule is FC(F)Oc1ccc(NC(=S)NCCC2CCCO2)cc1. The van der Waals surface area contributed by atoms with Crippen molar-refractivity contribution in [2.75, 3.05) is 18.5 Å². The molecule has 1 aliphatic rings. The summed E-state index contributed by atoms with van der Waals surface area (Å²) >= 11 is 5.16. The van der Waals surface area contributed by atoms with Gasteiger partial charge >= 0.3 is 6.61 Å². The summed E-state index contributed by atoms with van der Waals surface area (Å²) in [5.74, 6) is 0.118. The van der Waals surface area contributed by atoms with Gasteiger partial charge in [-0.1, -0.05) is 0 Å². The lowest BCUT2D eigenvalue weighted by Crippen LogP contribution is -2.30. The standard InChI is InChI=1S/C14H18F2N2O2S/c15-13(16)20-12-5-3-10(4-6-12)18-14(21)17-8-7-11-2-1-9-19-11/h3-6,11,13H,1-2,7-9H2,(H2,17,18,21). The van der Waals surface area contributed by atoms with Gasteiger partial charge in [-0.15, -0.1) is 0 Å². The number of thiocarbonyl (C=S) groups is 1. The second kappa shape index (κ2) is 8.09. The Bertz CT molecular complexity index is 451. The molecule has 0 bridgehead atoms. The molecule has 0 aromatic heterocycles. The molecule has 1 atom stereocenters. The van der Waals surface area contributed by atoms with Crippen molar-refractivity contribution < 1.29 is 18.3 Å². The van der Waals surface area contributed by atoms with Crippen LogP contribution < -0.4 is 15.4 Å². The van der Waals surface area contributed by atoms with Crippen LogP contribution >= 0.6 is 12.2 Å². The first-order valence-corrected chi connectivity index (χ1v) is 7.25. The lowest BCUT2D eigenvalue weighted by atomic mass is 10.2. The predicted octanol–water partition coefficient (Wildman–Crippen LogP) is 3.14. The Morgan fingerprint density at radius 2 is 2.14 bits per heavy atom. The molecular formula is C14H18F2N2O2S. The maximum atomic E-state index is 12.0. The van der Waals surface area contributed by atoms with Crippen LogP contribution in [0.5, 0.6) is 5.75 Å². The zero-order chi connectivity index (χ0) is 15.1. The highest BCUT2D eigenvalue weighted by Gasteiger charge is 2.14. The van der Waals surface area contributed by atoms with E-state index in [4.69, 9.17) is 17.0 Å². The molecule has 0 saturated carbocycles. The minimum Gasteiger partial charge on any atom is -0.435 e. The fourth-order valence-corrected chi connectivity index (χ4v) is 2.33. The van der Waals surface area contributed by atoms with Crippen LogP contribution in [-0.4, -0.2) is 31.0 Å². The van der Waals surface area contributed by atoms with E-state index in [0.717, 1.165) is 32.4 Å². The summed E-state index contributed by atoms with van der Waals surface area (Å²) in [6.45, 7) is -1.23. The number of rotatable bonds is 6. The van der Waals surface area contributed by atoms with E-state index in [-0.39, 0.29) is 5.75 Å². The Hall–Kier alpha value is -1.47. The van der Waals surface area contributed by atoms with Crippen LogP contribution in [0.4, 0.5) is 14.5 Å². The molecule has 0 amide bonds. The highest BCUT2D eigenvalue weighted by Crippen LogP contribution is 2.17. The van der Waals surface area contributed by atoms with E-state index < -0.39 is 6.61 Å². The van der Waals surface area contributed by atoms with Gasteiger partial charge in [0.25, 0.3) is 0 Å². The minimum atomic E-state index is -2.82. The molecule has 116 valence electrons. The predicted molar refractivity (Wildman–Crippen MR) is 80.9 cm³/mol. The zero-order valence-corrected chi connectivity index (χ0v) is 12.3. The Labute approximate surface area is 127 Å². The molecule has 7 heteroatoms. The molecular weight excluding hydrogens is 298 g/mol. The second-order valence-electron chi connectivity index (χ2n) is 4.71. The molecule has 1 aromatic rings. The molecule has 0 spiro atoms. The quantitative estimate of drug-likeness (QED) is 0.789. The van der Waals surface area contributed by atoms with Crippen molar-refractivity contribution in [1.82, 2.24) is 5.32 Å². The summed E-state index contributed by atoms with van der Waals surface area (Å²) in [5, 5.41) is 6.57. The first-order valence-electron chi connectivity index (χ1n) is 6.85. The van der Waals surface area contributed by atoms with Gasteiger partial charge in [0.15, 0.2) is 5.11 Å². The average molecular weight is 316 g/mol. The zero-order valence-electron chi connectivity index (χ0n) is 11.5. The number of halogens is 2. The molecule has 1 saturated heterocycles. The summed E-state index contributed by atoms with van der Waals surface area (Å²) in [4.78, 5) is 0. The number of hydrogen-bond acceptors (Lipinski definition) is 3. The van der Waals surface area contributed by atoms with E-state index in [1.807, 2.05) is 0 Å². The number of anilines is 1. The normalized spacial score (nSPS) is 17.8. The van der Waals surface area contributed by atoms with Gasteiger partial charge in [-0.25, -0.2) is 0 Å². The maximum Gasteiger partial charge on any atom is 0.387 e. The van der Waals surface area contributed by atoms with Crippen molar-refractivity contribution in [3.05, 3.63) is 24.3 Å². The van der Waals surface area contributed by atoms with E-state index >= 15 is 0 Å². The molecule has 1 aliphatic heterocycles. The van der Waals surface area contributed by atoms with Crippen LogP contribution in [-0.2, 0) is 4.74 Å². The lowest BCUT2D eigenvalue weighted by molar-refractivity contribution is -0.0498. The molecule has 1 aromatic carbocycles. The van der Waals surface area contributed by atoms with Crippen molar-refractivity contribution in [2.45, 2.75) is 32.0 Å². The second-order valence-corrected chi connectivity index (χ2v) is 5.12. The average Bonchev–Trinajstić information content (AvgIpc) is 2.93. The fourth-order valence-electron chi connectivity index (χ4n) is 2.11. The first-order chi connectivity index (χ1) is 10.1. The van der Waals surface area contributed by atoms with E-state index in [2.05, 4.69) is 15.4 Å². The van der Waals surface area contributed by atoms with Crippen LogP contribution in [0.25, 0.3) is 0 Å². The van der Waals surface area contributed by atoms with Gasteiger partial charge in [-0.3, -0.25) is 0 Å². The van der Waals surface area contributed by atoms with Crippen molar-refractivity contribution in [3.8, 4) is 5.75 Å². The monoisotopic (exact) mass is 316 g/mol. The Morgan fingerprint density at radius 3 is 2.76 bits per heavy atom. The Morgan fingerprint density at radius 1 is 1.38 bits per heavy atom. The van der Waals surface area contributed by atoms with Crippen LogP contribution in [0.15, 0.2) is 24.3 Å². The highest BCUT2D eigenvalue weighted by molar-refractivity contribution is 7.80. The molecule has 0 radical (unpaired) electrons. The van der Waals surface area contributed by atoms with Gasteiger partial charge in [-0.05, 0) is 55.7 Å². The molecule has 1 unspecified atom stereocenters. The van der Waals surface area contributed by atoms with Gasteiger partial charge in [-0.2, -0.15) is 8.78 Å². The van der Waals surface area contributed by atoms with E-state index in [9.17, 15) is 8.78 Å². The number of alkyl halides is 2. The molecule has 1 fully saturated rings. The molecule has 21 heavy (non-hydrogen) atoms. The molecule has 2 N–H and O–H groups in total. The van der Waals surface area contributed by atoms with Crippen LogP contribution in [0.3, 0.4) is 0 Å². The van der Waals surface area contributed by atoms with E-state index in [1.54, 1.807) is 12.1 Å². The Kier molecular flexibility index (Phi) is 6.13. The maximum absolute atomic E-state index is 12.0. The Balaban J connectivity index is 1.69. The minimum absolute atomic E-state index is 0.118. The summed E-state index contributed by atoms with van der Waals surface area (Å²) in [6, 6.07) is 6.19. The number of benzene rings is 1. The first kappa shape index (κ1) is 15.9. The largest absolute Gasteiger partial charge is 0.435 e. The number of nitrogens with one attached hydrogen (secondary N) is 2. The van der Waals surface area contributed by atoms with Crippen molar-refractivity contribution in [1.29, 1.82) is 0 Å². The van der Waals surface area contributed by atoms with Crippen LogP contribution in [0.1, 0.15) is 19.3 Å². The van der Waals surface area contributed by atoms with E-state index in [1.165, 1.54) is 12.1 Å². The van der Waals surface area contributed by atoms with Crippen molar-refractivity contribution >= 4 is 23.0 Å². The summed E-state index contributed by atoms with van der Waals surface area (Å²) in [6.07, 6.45) is 3.47. The molecule has 1 heterocycles. The third-order valence-electron chi connectivity index (χ3n) is 3.11. The van der Waals surface area contributed by atoms with Gasteiger partial charge in [0.05, 0.1) is 6.10 Å². The topological polar surface area (TPSA) is 42.5 Å². The lowest BCUT2D eigenvalue weighted by Gasteiger charge is -2.13. The van der Waals surface area contributed by atoms with E-state index in [0.29, 0.717) is 16.9 Å². The van der Waals surface area contributed by atoms with Crippen molar-refractivity contribution in [3.63, 3.8) is 0 Å². The number of ether oxygens (including phenoxy) is 2. The molecule has 4 nitrogen and oxygen atoms in total. The number of hydrogen-bond donors (Lipinski definition) is 2. The fraction of sp³-hybridized carbons (Fsp3) is 0.500. The molecule has 0 aliphatic carbocycles. The third kappa shape index (κ3) is 5.81. The highest BCUT2D eigenvalue weighted by atomic mass is 32.1. The molecule has 2 rings (SSSR count). The van der Waals surface area contributed by atoms with Crippen molar-refractivity contribution in [2.24, 2.45) is 0 Å². The van der Waals surface area contributed by atoms with Gasteiger partial charge in [0.1, 0.15) is 5.75 Å². The van der Waals surface area contributed by atoms with Crippen LogP contribution in [0, 0.1) is 0 Å².